The smallest absolute Gasteiger partial charge is 0.312 e. The number of aliphatic hydroxyl groups is 1. The normalized spacial score (nSPS) is 37.4. The fourth-order valence-electron chi connectivity index (χ4n) is 5.64. The SMILES string of the molecule is CCCC(C)NC(=O)C1N([C@H](C)CO)C(=O)[C@@H]2[C@@H](C(=O)OCC)[C@@]3(C)CCC12O3. The Hall–Kier alpha value is -1.67. The van der Waals surface area contributed by atoms with Crippen molar-refractivity contribution < 1.29 is 29.0 Å². The highest BCUT2D eigenvalue weighted by Gasteiger charge is 2.78. The van der Waals surface area contributed by atoms with Crippen LogP contribution in [0.5, 0.6) is 0 Å². The van der Waals surface area contributed by atoms with Gasteiger partial charge in [0.1, 0.15) is 17.6 Å². The van der Waals surface area contributed by atoms with E-state index in [4.69, 9.17) is 9.47 Å². The molecule has 7 atom stereocenters. The maximum absolute atomic E-state index is 13.5. The van der Waals surface area contributed by atoms with E-state index in [1.807, 2.05) is 20.8 Å². The van der Waals surface area contributed by atoms with Crippen LogP contribution in [0.25, 0.3) is 0 Å². The average molecular weight is 411 g/mol. The summed E-state index contributed by atoms with van der Waals surface area (Å²) < 4.78 is 11.7. The summed E-state index contributed by atoms with van der Waals surface area (Å²) in [6.45, 7) is 9.19. The molecule has 3 unspecified atom stereocenters. The zero-order chi connectivity index (χ0) is 21.6. The predicted octanol–water partition coefficient (Wildman–Crippen LogP) is 1.000. The first-order valence-electron chi connectivity index (χ1n) is 10.8. The topological polar surface area (TPSA) is 105 Å². The molecule has 8 heteroatoms. The monoisotopic (exact) mass is 410 g/mol. The van der Waals surface area contributed by atoms with E-state index in [9.17, 15) is 19.5 Å². The van der Waals surface area contributed by atoms with Gasteiger partial charge in [0.15, 0.2) is 0 Å². The Balaban J connectivity index is 2.02. The number of likely N-dealkylation sites (tertiary alicyclic amines) is 1. The first-order valence-corrected chi connectivity index (χ1v) is 10.8. The number of carbonyl (C=O) groups is 3. The van der Waals surface area contributed by atoms with Crippen molar-refractivity contribution in [3.63, 3.8) is 0 Å². The van der Waals surface area contributed by atoms with E-state index in [0.717, 1.165) is 12.8 Å². The Bertz CT molecular complexity index is 684. The van der Waals surface area contributed by atoms with Crippen LogP contribution >= 0.6 is 0 Å². The average Bonchev–Trinajstić information content (AvgIpc) is 3.22. The van der Waals surface area contributed by atoms with Crippen molar-refractivity contribution in [1.29, 1.82) is 0 Å². The lowest BCUT2D eigenvalue weighted by Gasteiger charge is -2.36. The second-order valence-corrected chi connectivity index (χ2v) is 8.96. The van der Waals surface area contributed by atoms with E-state index >= 15 is 0 Å². The van der Waals surface area contributed by atoms with Crippen molar-refractivity contribution in [2.75, 3.05) is 13.2 Å². The summed E-state index contributed by atoms with van der Waals surface area (Å²) in [4.78, 5) is 41.1. The van der Waals surface area contributed by atoms with Crippen molar-refractivity contribution in [2.45, 2.75) is 89.6 Å². The van der Waals surface area contributed by atoms with Crippen LogP contribution in [-0.4, -0.2) is 70.3 Å². The minimum Gasteiger partial charge on any atom is -0.466 e. The maximum atomic E-state index is 13.5. The van der Waals surface area contributed by atoms with E-state index in [1.54, 1.807) is 13.8 Å². The summed E-state index contributed by atoms with van der Waals surface area (Å²) in [6, 6.07) is -1.47. The Morgan fingerprint density at radius 2 is 2.03 bits per heavy atom. The molecule has 2 N–H and O–H groups in total. The molecule has 3 aliphatic heterocycles. The molecular weight excluding hydrogens is 376 g/mol. The summed E-state index contributed by atoms with van der Waals surface area (Å²) in [7, 11) is 0. The third kappa shape index (κ3) is 3.24. The number of hydrogen-bond acceptors (Lipinski definition) is 6. The van der Waals surface area contributed by atoms with Crippen LogP contribution in [0.15, 0.2) is 0 Å². The molecular formula is C21H34N2O6. The second-order valence-electron chi connectivity index (χ2n) is 8.96. The van der Waals surface area contributed by atoms with E-state index in [2.05, 4.69) is 5.32 Å². The third-order valence-corrected chi connectivity index (χ3v) is 6.85. The van der Waals surface area contributed by atoms with E-state index in [-0.39, 0.29) is 31.1 Å². The Morgan fingerprint density at radius 3 is 2.62 bits per heavy atom. The molecule has 2 amide bonds. The van der Waals surface area contributed by atoms with Gasteiger partial charge >= 0.3 is 5.97 Å². The molecule has 2 bridgehead atoms. The van der Waals surface area contributed by atoms with Crippen molar-refractivity contribution in [3.8, 4) is 0 Å². The molecule has 29 heavy (non-hydrogen) atoms. The third-order valence-electron chi connectivity index (χ3n) is 6.85. The van der Waals surface area contributed by atoms with Gasteiger partial charge in [-0.3, -0.25) is 14.4 Å². The molecule has 3 aliphatic rings. The van der Waals surface area contributed by atoms with Crippen LogP contribution in [0.1, 0.15) is 60.3 Å². The van der Waals surface area contributed by atoms with Crippen LogP contribution in [0.4, 0.5) is 0 Å². The van der Waals surface area contributed by atoms with Gasteiger partial charge in [-0.1, -0.05) is 13.3 Å². The van der Waals surface area contributed by atoms with Crippen LogP contribution in [-0.2, 0) is 23.9 Å². The minimum atomic E-state index is -1.07. The quantitative estimate of drug-likeness (QED) is 0.579. The molecule has 3 rings (SSSR count). The lowest BCUT2D eigenvalue weighted by molar-refractivity contribution is -0.160. The molecule has 0 aliphatic carbocycles. The number of nitrogens with zero attached hydrogens (tertiary/aromatic N) is 1. The van der Waals surface area contributed by atoms with Gasteiger partial charge in [0.05, 0.1) is 30.8 Å². The number of hydrogen-bond donors (Lipinski definition) is 2. The number of aliphatic hydroxyl groups excluding tert-OH is 1. The van der Waals surface area contributed by atoms with Crippen LogP contribution in [0.3, 0.4) is 0 Å². The van der Waals surface area contributed by atoms with Crippen molar-refractivity contribution in [3.05, 3.63) is 0 Å². The van der Waals surface area contributed by atoms with Crippen LogP contribution < -0.4 is 5.32 Å². The highest BCUT2D eigenvalue weighted by atomic mass is 16.6. The standard InChI is InChI=1S/C21H34N2O6/c1-6-8-12(3)22-17(25)16-21-10-9-20(5,29-21)15(19(27)28-7-2)14(21)18(26)23(16)13(4)11-24/h12-16,24H,6-11H2,1-5H3,(H,22,25)/t12?,13-,14+,15+,16?,20-,21?/m1/s1. The van der Waals surface area contributed by atoms with E-state index in [1.165, 1.54) is 4.90 Å². The molecule has 0 saturated carbocycles. The van der Waals surface area contributed by atoms with Gasteiger partial charge in [0, 0.05) is 6.04 Å². The lowest BCUT2D eigenvalue weighted by Crippen LogP contribution is -2.58. The molecule has 0 aromatic carbocycles. The first kappa shape index (κ1) is 22.0. The maximum Gasteiger partial charge on any atom is 0.312 e. The molecule has 3 fully saturated rings. The van der Waals surface area contributed by atoms with Gasteiger partial charge in [-0.25, -0.2) is 0 Å². The highest BCUT2D eigenvalue weighted by Crippen LogP contribution is 2.63. The fourth-order valence-corrected chi connectivity index (χ4v) is 5.64. The molecule has 3 heterocycles. The number of fused-ring (bicyclic) bond motifs is 1. The fraction of sp³-hybridized carbons (Fsp3) is 0.857. The first-order chi connectivity index (χ1) is 13.7. The number of ether oxygens (including phenoxy) is 2. The number of nitrogens with one attached hydrogen (secondary N) is 1. The molecule has 164 valence electrons. The number of esters is 1. The number of rotatable bonds is 8. The minimum absolute atomic E-state index is 0.0422. The van der Waals surface area contributed by atoms with Crippen molar-refractivity contribution in [1.82, 2.24) is 10.2 Å². The zero-order valence-electron chi connectivity index (χ0n) is 18.1. The van der Waals surface area contributed by atoms with Gasteiger partial charge in [-0.05, 0) is 47.0 Å². The summed E-state index contributed by atoms with van der Waals surface area (Å²) in [5.74, 6) is -2.56. The summed E-state index contributed by atoms with van der Waals surface area (Å²) in [5, 5.41) is 12.8. The Morgan fingerprint density at radius 1 is 1.34 bits per heavy atom. The van der Waals surface area contributed by atoms with Gasteiger partial charge in [-0.2, -0.15) is 0 Å². The number of amides is 2. The Labute approximate surface area is 172 Å². The molecule has 0 aromatic heterocycles. The summed E-state index contributed by atoms with van der Waals surface area (Å²) in [5.41, 5.74) is -1.89. The molecule has 3 saturated heterocycles. The van der Waals surface area contributed by atoms with Crippen molar-refractivity contribution >= 4 is 17.8 Å². The van der Waals surface area contributed by atoms with Gasteiger partial charge in [0.2, 0.25) is 11.8 Å². The summed E-state index contributed by atoms with van der Waals surface area (Å²) in [6.07, 6.45) is 2.85. The van der Waals surface area contributed by atoms with Gasteiger partial charge < -0.3 is 24.8 Å². The van der Waals surface area contributed by atoms with Gasteiger partial charge in [0.25, 0.3) is 0 Å². The van der Waals surface area contributed by atoms with Gasteiger partial charge in [-0.15, -0.1) is 0 Å². The lowest BCUT2D eigenvalue weighted by atomic mass is 9.66. The van der Waals surface area contributed by atoms with E-state index in [0.29, 0.717) is 12.8 Å². The molecule has 1 spiro atoms. The predicted molar refractivity (Wildman–Crippen MR) is 105 cm³/mol. The van der Waals surface area contributed by atoms with Crippen molar-refractivity contribution in [2.24, 2.45) is 11.8 Å². The molecule has 0 aromatic rings. The van der Waals surface area contributed by atoms with E-state index < -0.39 is 41.1 Å². The number of carbonyl (C=O) groups excluding carboxylic acids is 3. The second kappa shape index (κ2) is 7.87. The Kier molecular flexibility index (Phi) is 5.98. The zero-order valence-corrected chi connectivity index (χ0v) is 18.1. The highest BCUT2D eigenvalue weighted by molar-refractivity contribution is 5.98. The largest absolute Gasteiger partial charge is 0.466 e. The van der Waals surface area contributed by atoms with Crippen LogP contribution in [0, 0.1) is 11.8 Å². The summed E-state index contributed by atoms with van der Waals surface area (Å²) >= 11 is 0. The molecule has 0 radical (unpaired) electrons. The molecule has 8 nitrogen and oxygen atoms in total. The van der Waals surface area contributed by atoms with Crippen LogP contribution in [0.2, 0.25) is 0 Å².